The SMILES string of the molecule is Cc1cnc(CC(C)(C)C)c(C)c1N. The lowest BCUT2D eigenvalue weighted by molar-refractivity contribution is 0.405. The van der Waals surface area contributed by atoms with Gasteiger partial charge in [0.15, 0.2) is 0 Å². The fourth-order valence-corrected chi connectivity index (χ4v) is 1.47. The van der Waals surface area contributed by atoms with Gasteiger partial charge in [0.25, 0.3) is 0 Å². The van der Waals surface area contributed by atoms with Gasteiger partial charge in [0.05, 0.1) is 0 Å². The molecule has 14 heavy (non-hydrogen) atoms. The molecule has 1 heterocycles. The first kappa shape index (κ1) is 11.0. The largest absolute Gasteiger partial charge is 0.398 e. The third kappa shape index (κ3) is 2.47. The minimum Gasteiger partial charge on any atom is -0.398 e. The first-order valence-electron chi connectivity index (χ1n) is 5.02. The first-order chi connectivity index (χ1) is 6.31. The van der Waals surface area contributed by atoms with Gasteiger partial charge >= 0.3 is 0 Å². The highest BCUT2D eigenvalue weighted by Gasteiger charge is 2.15. The molecular formula is C12H20N2. The van der Waals surface area contributed by atoms with E-state index in [1.807, 2.05) is 13.1 Å². The number of nitrogen functional groups attached to an aromatic ring is 1. The molecule has 0 bridgehead atoms. The number of hydrogen-bond acceptors (Lipinski definition) is 2. The van der Waals surface area contributed by atoms with Crippen LogP contribution in [0.5, 0.6) is 0 Å². The Morgan fingerprint density at radius 1 is 1.29 bits per heavy atom. The van der Waals surface area contributed by atoms with Gasteiger partial charge in [0, 0.05) is 17.6 Å². The van der Waals surface area contributed by atoms with Crippen LogP contribution >= 0.6 is 0 Å². The zero-order chi connectivity index (χ0) is 10.9. The molecule has 2 heteroatoms. The molecule has 78 valence electrons. The summed E-state index contributed by atoms with van der Waals surface area (Å²) in [4.78, 5) is 4.44. The zero-order valence-electron chi connectivity index (χ0n) is 9.81. The van der Waals surface area contributed by atoms with Gasteiger partial charge in [-0.3, -0.25) is 4.98 Å². The molecule has 0 atom stereocenters. The number of aromatic nitrogens is 1. The molecule has 0 radical (unpaired) electrons. The van der Waals surface area contributed by atoms with Crippen molar-refractivity contribution >= 4 is 5.69 Å². The van der Waals surface area contributed by atoms with Crippen LogP contribution < -0.4 is 5.73 Å². The maximum absolute atomic E-state index is 5.96. The van der Waals surface area contributed by atoms with Gasteiger partial charge < -0.3 is 5.73 Å². The van der Waals surface area contributed by atoms with E-state index >= 15 is 0 Å². The van der Waals surface area contributed by atoms with Gasteiger partial charge in [-0.05, 0) is 36.8 Å². The van der Waals surface area contributed by atoms with Crippen molar-refractivity contribution in [3.63, 3.8) is 0 Å². The zero-order valence-corrected chi connectivity index (χ0v) is 9.81. The van der Waals surface area contributed by atoms with Crippen molar-refractivity contribution in [1.29, 1.82) is 0 Å². The van der Waals surface area contributed by atoms with Crippen molar-refractivity contribution in [2.24, 2.45) is 5.41 Å². The molecule has 2 nitrogen and oxygen atoms in total. The summed E-state index contributed by atoms with van der Waals surface area (Å²) in [6, 6.07) is 0. The fraction of sp³-hybridized carbons (Fsp3) is 0.583. The second-order valence-corrected chi connectivity index (χ2v) is 5.16. The Balaban J connectivity index is 3.06. The number of hydrogen-bond donors (Lipinski definition) is 1. The molecule has 0 aliphatic heterocycles. The van der Waals surface area contributed by atoms with E-state index in [2.05, 4.69) is 32.7 Å². The molecular weight excluding hydrogens is 172 g/mol. The van der Waals surface area contributed by atoms with Crippen LogP contribution in [0.4, 0.5) is 5.69 Å². The predicted molar refractivity (Wildman–Crippen MR) is 61.3 cm³/mol. The topological polar surface area (TPSA) is 38.9 Å². The summed E-state index contributed by atoms with van der Waals surface area (Å²) in [7, 11) is 0. The highest BCUT2D eigenvalue weighted by atomic mass is 14.7. The number of rotatable bonds is 1. The van der Waals surface area contributed by atoms with Gasteiger partial charge in [0.1, 0.15) is 0 Å². The molecule has 0 aliphatic carbocycles. The van der Waals surface area contributed by atoms with Crippen molar-refractivity contribution in [1.82, 2.24) is 4.98 Å². The summed E-state index contributed by atoms with van der Waals surface area (Å²) in [5, 5.41) is 0. The quantitative estimate of drug-likeness (QED) is 0.743. The Hall–Kier alpha value is -1.05. The summed E-state index contributed by atoms with van der Waals surface area (Å²) in [5.74, 6) is 0. The van der Waals surface area contributed by atoms with Crippen molar-refractivity contribution in [3.05, 3.63) is 23.0 Å². The molecule has 1 aromatic heterocycles. The van der Waals surface area contributed by atoms with Crippen LogP contribution in [0.25, 0.3) is 0 Å². The molecule has 0 aromatic carbocycles. The van der Waals surface area contributed by atoms with Gasteiger partial charge in [0.2, 0.25) is 0 Å². The molecule has 0 unspecified atom stereocenters. The van der Waals surface area contributed by atoms with E-state index in [1.54, 1.807) is 0 Å². The van der Waals surface area contributed by atoms with Crippen LogP contribution in [0.3, 0.4) is 0 Å². The lowest BCUT2D eigenvalue weighted by Gasteiger charge is -2.19. The van der Waals surface area contributed by atoms with E-state index in [9.17, 15) is 0 Å². The van der Waals surface area contributed by atoms with E-state index in [0.717, 1.165) is 28.9 Å². The maximum atomic E-state index is 5.96. The van der Waals surface area contributed by atoms with E-state index in [0.29, 0.717) is 0 Å². The van der Waals surface area contributed by atoms with Gasteiger partial charge in [-0.25, -0.2) is 0 Å². The summed E-state index contributed by atoms with van der Waals surface area (Å²) >= 11 is 0. The Morgan fingerprint density at radius 3 is 2.36 bits per heavy atom. The monoisotopic (exact) mass is 192 g/mol. The maximum Gasteiger partial charge on any atom is 0.0458 e. The Labute approximate surface area is 86.5 Å². The van der Waals surface area contributed by atoms with Crippen LogP contribution in [0.1, 0.15) is 37.6 Å². The molecule has 0 fully saturated rings. The number of aryl methyl sites for hydroxylation is 1. The normalized spacial score (nSPS) is 11.8. The number of nitrogens with two attached hydrogens (primary N) is 1. The van der Waals surface area contributed by atoms with Crippen LogP contribution in [-0.4, -0.2) is 4.98 Å². The molecule has 0 aliphatic rings. The fourth-order valence-electron chi connectivity index (χ4n) is 1.47. The summed E-state index contributed by atoms with van der Waals surface area (Å²) in [6.45, 7) is 10.7. The Bertz CT molecular complexity index is 335. The average molecular weight is 192 g/mol. The highest BCUT2D eigenvalue weighted by Crippen LogP contribution is 2.25. The van der Waals surface area contributed by atoms with E-state index in [1.165, 1.54) is 0 Å². The summed E-state index contributed by atoms with van der Waals surface area (Å²) in [6.07, 6.45) is 2.84. The molecule has 0 amide bonds. The summed E-state index contributed by atoms with van der Waals surface area (Å²) in [5.41, 5.74) is 10.4. The Morgan fingerprint density at radius 2 is 1.86 bits per heavy atom. The van der Waals surface area contributed by atoms with Gasteiger partial charge in [-0.1, -0.05) is 20.8 Å². The van der Waals surface area contributed by atoms with Crippen molar-refractivity contribution in [2.75, 3.05) is 5.73 Å². The third-order valence-electron chi connectivity index (χ3n) is 2.37. The van der Waals surface area contributed by atoms with E-state index in [4.69, 9.17) is 5.73 Å². The van der Waals surface area contributed by atoms with Gasteiger partial charge in [-0.15, -0.1) is 0 Å². The molecule has 0 saturated heterocycles. The number of anilines is 1. The number of nitrogens with zero attached hydrogens (tertiary/aromatic N) is 1. The third-order valence-corrected chi connectivity index (χ3v) is 2.37. The first-order valence-corrected chi connectivity index (χ1v) is 5.02. The minimum absolute atomic E-state index is 0.263. The highest BCUT2D eigenvalue weighted by molar-refractivity contribution is 5.53. The lowest BCUT2D eigenvalue weighted by atomic mass is 9.88. The second kappa shape index (κ2) is 3.60. The smallest absolute Gasteiger partial charge is 0.0458 e. The van der Waals surface area contributed by atoms with Crippen LogP contribution in [0, 0.1) is 19.3 Å². The van der Waals surface area contributed by atoms with Crippen LogP contribution in [0.15, 0.2) is 6.20 Å². The molecule has 2 N–H and O–H groups in total. The van der Waals surface area contributed by atoms with Crippen molar-refractivity contribution in [3.8, 4) is 0 Å². The lowest BCUT2D eigenvalue weighted by Crippen LogP contribution is -2.13. The molecule has 0 saturated carbocycles. The van der Waals surface area contributed by atoms with E-state index in [-0.39, 0.29) is 5.41 Å². The van der Waals surface area contributed by atoms with Crippen molar-refractivity contribution < 1.29 is 0 Å². The summed E-state index contributed by atoms with van der Waals surface area (Å²) < 4.78 is 0. The minimum atomic E-state index is 0.263. The number of pyridine rings is 1. The van der Waals surface area contributed by atoms with Gasteiger partial charge in [-0.2, -0.15) is 0 Å². The predicted octanol–water partition coefficient (Wildman–Crippen LogP) is 2.87. The second-order valence-electron chi connectivity index (χ2n) is 5.16. The average Bonchev–Trinajstić information content (AvgIpc) is 2.04. The van der Waals surface area contributed by atoms with E-state index < -0.39 is 0 Å². The van der Waals surface area contributed by atoms with Crippen LogP contribution in [-0.2, 0) is 6.42 Å². The molecule has 0 spiro atoms. The molecule has 1 rings (SSSR count). The standard InChI is InChI=1S/C12H20N2/c1-8-7-14-10(6-12(3,4)5)9(2)11(8)13/h7H,6H2,1-5H3,(H2,13,14). The molecule has 1 aromatic rings. The van der Waals surface area contributed by atoms with Crippen molar-refractivity contribution in [2.45, 2.75) is 41.0 Å². The van der Waals surface area contributed by atoms with Crippen LogP contribution in [0.2, 0.25) is 0 Å². The Kier molecular flexibility index (Phi) is 2.84.